The van der Waals surface area contributed by atoms with Gasteiger partial charge in [0, 0.05) is 52.3 Å². The van der Waals surface area contributed by atoms with Crippen molar-refractivity contribution in [3.05, 3.63) is 11.8 Å². The molecule has 1 amide bonds. The average Bonchev–Trinajstić information content (AvgIpc) is 2.61. The Morgan fingerprint density at radius 3 is 2.64 bits per heavy atom. The van der Waals surface area contributed by atoms with Gasteiger partial charge in [-0.1, -0.05) is 13.8 Å². The van der Waals surface area contributed by atoms with Gasteiger partial charge >= 0.3 is 0 Å². The van der Waals surface area contributed by atoms with Gasteiger partial charge in [0.05, 0.1) is 5.69 Å². The number of anilines is 2. The van der Waals surface area contributed by atoms with Crippen molar-refractivity contribution in [3.63, 3.8) is 0 Å². The molecule has 3 rings (SSSR count). The van der Waals surface area contributed by atoms with Crippen LogP contribution in [0.15, 0.2) is 6.07 Å². The lowest BCUT2D eigenvalue weighted by atomic mass is 10.00. The molecular weight excluding hydrogens is 314 g/mol. The van der Waals surface area contributed by atoms with Crippen LogP contribution >= 0.6 is 0 Å². The van der Waals surface area contributed by atoms with E-state index in [0.29, 0.717) is 24.3 Å². The Morgan fingerprint density at radius 1 is 1.16 bits per heavy atom. The van der Waals surface area contributed by atoms with Gasteiger partial charge in [-0.25, -0.2) is 4.98 Å². The second-order valence-corrected chi connectivity index (χ2v) is 7.79. The summed E-state index contributed by atoms with van der Waals surface area (Å²) in [6.45, 7) is 7.13. The van der Waals surface area contributed by atoms with Gasteiger partial charge in [-0.05, 0) is 31.6 Å². The van der Waals surface area contributed by atoms with Crippen molar-refractivity contribution in [1.82, 2.24) is 14.9 Å². The maximum absolute atomic E-state index is 12.3. The quantitative estimate of drug-likeness (QED) is 0.840. The van der Waals surface area contributed by atoms with Crippen LogP contribution in [-0.2, 0) is 4.79 Å². The zero-order valence-electron chi connectivity index (χ0n) is 16.0. The molecule has 138 valence electrons. The van der Waals surface area contributed by atoms with Crippen LogP contribution in [0.5, 0.6) is 0 Å². The van der Waals surface area contributed by atoms with Crippen LogP contribution < -0.4 is 9.80 Å². The number of amides is 1. The summed E-state index contributed by atoms with van der Waals surface area (Å²) in [5.74, 6) is 2.45. The molecule has 0 aliphatic carbocycles. The van der Waals surface area contributed by atoms with Crippen molar-refractivity contribution in [2.24, 2.45) is 0 Å². The van der Waals surface area contributed by atoms with Crippen molar-refractivity contribution in [2.75, 3.05) is 43.5 Å². The third-order valence-electron chi connectivity index (χ3n) is 5.23. The number of rotatable bonds is 4. The molecule has 2 fully saturated rings. The second kappa shape index (κ2) is 7.58. The Labute approximate surface area is 151 Å². The lowest BCUT2D eigenvalue weighted by Crippen LogP contribution is -2.52. The molecule has 1 aromatic heterocycles. The monoisotopic (exact) mass is 345 g/mol. The van der Waals surface area contributed by atoms with Gasteiger partial charge in [-0.3, -0.25) is 4.79 Å². The molecule has 2 aliphatic rings. The number of carbonyl (C=O) groups is 1. The minimum absolute atomic E-state index is 0.321. The fourth-order valence-corrected chi connectivity index (χ4v) is 3.73. The van der Waals surface area contributed by atoms with Gasteiger partial charge in [0.25, 0.3) is 0 Å². The molecule has 6 nitrogen and oxygen atoms in total. The summed E-state index contributed by atoms with van der Waals surface area (Å²) in [7, 11) is 3.96. The van der Waals surface area contributed by atoms with Crippen molar-refractivity contribution >= 4 is 17.7 Å². The maximum Gasteiger partial charge on any atom is 0.227 e. The van der Waals surface area contributed by atoms with Crippen LogP contribution in [0.4, 0.5) is 11.8 Å². The molecule has 1 unspecified atom stereocenters. The molecule has 2 saturated heterocycles. The Hall–Kier alpha value is -1.85. The standard InChI is InChI=1S/C19H31N5O/c1-14(2)16-12-17(21-19(20-16)22(3)4)23-10-7-8-15(13-23)24-11-6-5-9-18(24)25/h12,14-15H,5-11,13H2,1-4H3. The van der Waals surface area contributed by atoms with Gasteiger partial charge in [0.2, 0.25) is 11.9 Å². The van der Waals surface area contributed by atoms with Gasteiger partial charge in [-0.15, -0.1) is 0 Å². The first-order chi connectivity index (χ1) is 12.0. The van der Waals surface area contributed by atoms with E-state index >= 15 is 0 Å². The van der Waals surface area contributed by atoms with Crippen molar-refractivity contribution in [2.45, 2.75) is 57.9 Å². The van der Waals surface area contributed by atoms with E-state index in [2.05, 4.69) is 34.7 Å². The van der Waals surface area contributed by atoms with Crippen LogP contribution in [0.3, 0.4) is 0 Å². The normalized spacial score (nSPS) is 21.8. The largest absolute Gasteiger partial charge is 0.354 e. The molecular formula is C19H31N5O. The van der Waals surface area contributed by atoms with Crippen LogP contribution in [0.2, 0.25) is 0 Å². The molecule has 25 heavy (non-hydrogen) atoms. The van der Waals surface area contributed by atoms with Crippen LogP contribution in [0.1, 0.15) is 57.6 Å². The third-order valence-corrected chi connectivity index (χ3v) is 5.23. The van der Waals surface area contributed by atoms with Gasteiger partial charge in [0.15, 0.2) is 0 Å². The third kappa shape index (κ3) is 4.05. The Balaban J connectivity index is 1.82. The predicted octanol–water partition coefficient (Wildman–Crippen LogP) is 2.65. The van der Waals surface area contributed by atoms with Crippen LogP contribution in [-0.4, -0.2) is 60.5 Å². The number of hydrogen-bond donors (Lipinski definition) is 0. The van der Waals surface area contributed by atoms with E-state index in [1.54, 1.807) is 0 Å². The van der Waals surface area contributed by atoms with Gasteiger partial charge in [0.1, 0.15) is 5.82 Å². The molecule has 0 spiro atoms. The lowest BCUT2D eigenvalue weighted by molar-refractivity contribution is -0.135. The summed E-state index contributed by atoms with van der Waals surface area (Å²) >= 11 is 0. The van der Waals surface area contributed by atoms with Crippen molar-refractivity contribution in [3.8, 4) is 0 Å². The number of aromatic nitrogens is 2. The summed E-state index contributed by atoms with van der Waals surface area (Å²) in [4.78, 5) is 28.2. The van der Waals surface area contributed by atoms with Gasteiger partial charge in [-0.2, -0.15) is 4.98 Å². The average molecular weight is 345 g/mol. The molecule has 0 aromatic carbocycles. The first kappa shape index (κ1) is 18.0. The summed E-state index contributed by atoms with van der Waals surface area (Å²) in [5, 5.41) is 0. The molecule has 6 heteroatoms. The minimum Gasteiger partial charge on any atom is -0.354 e. The zero-order chi connectivity index (χ0) is 18.0. The first-order valence-corrected chi connectivity index (χ1v) is 9.56. The van der Waals surface area contributed by atoms with Crippen molar-refractivity contribution in [1.29, 1.82) is 0 Å². The van der Waals surface area contributed by atoms with Gasteiger partial charge < -0.3 is 14.7 Å². The SMILES string of the molecule is CC(C)c1cc(N2CCCC(N3CCCCC3=O)C2)nc(N(C)C)n1. The molecule has 0 radical (unpaired) electrons. The fourth-order valence-electron chi connectivity index (χ4n) is 3.73. The minimum atomic E-state index is 0.321. The number of carbonyl (C=O) groups excluding carboxylic acids is 1. The highest BCUT2D eigenvalue weighted by Crippen LogP contribution is 2.27. The molecule has 1 atom stereocenters. The Kier molecular flexibility index (Phi) is 5.45. The highest BCUT2D eigenvalue weighted by Gasteiger charge is 2.30. The highest BCUT2D eigenvalue weighted by molar-refractivity contribution is 5.77. The van der Waals surface area contributed by atoms with E-state index in [-0.39, 0.29) is 0 Å². The smallest absolute Gasteiger partial charge is 0.227 e. The summed E-state index contributed by atoms with van der Waals surface area (Å²) in [6, 6.07) is 2.44. The topological polar surface area (TPSA) is 52.6 Å². The summed E-state index contributed by atoms with van der Waals surface area (Å²) in [6.07, 6.45) is 5.10. The van der Waals surface area contributed by atoms with Crippen LogP contribution in [0, 0.1) is 0 Å². The second-order valence-electron chi connectivity index (χ2n) is 7.79. The molecule has 2 aliphatic heterocycles. The van der Waals surface area contributed by atoms with E-state index in [1.807, 2.05) is 19.0 Å². The van der Waals surface area contributed by atoms with E-state index < -0.39 is 0 Å². The van der Waals surface area contributed by atoms with E-state index in [1.165, 1.54) is 0 Å². The fraction of sp³-hybridized carbons (Fsp3) is 0.737. The predicted molar refractivity (Wildman–Crippen MR) is 101 cm³/mol. The summed E-state index contributed by atoms with van der Waals surface area (Å²) in [5.41, 5.74) is 1.07. The summed E-state index contributed by atoms with van der Waals surface area (Å²) < 4.78 is 0. The zero-order valence-corrected chi connectivity index (χ0v) is 16.0. The van der Waals surface area contributed by atoms with Crippen LogP contribution in [0.25, 0.3) is 0 Å². The Morgan fingerprint density at radius 2 is 1.96 bits per heavy atom. The van der Waals surface area contributed by atoms with E-state index in [4.69, 9.17) is 4.98 Å². The number of piperidine rings is 2. The van der Waals surface area contributed by atoms with E-state index in [9.17, 15) is 4.79 Å². The molecule has 0 saturated carbocycles. The Bertz CT molecular complexity index is 590. The molecule has 0 N–H and O–H groups in total. The highest BCUT2D eigenvalue weighted by atomic mass is 16.2. The number of hydrogen-bond acceptors (Lipinski definition) is 5. The molecule has 0 bridgehead atoms. The molecule has 1 aromatic rings. The van der Waals surface area contributed by atoms with E-state index in [0.717, 1.165) is 62.8 Å². The number of nitrogens with zero attached hydrogens (tertiary/aromatic N) is 5. The molecule has 3 heterocycles. The number of likely N-dealkylation sites (tertiary alicyclic amines) is 1. The lowest BCUT2D eigenvalue weighted by Gasteiger charge is -2.41. The first-order valence-electron chi connectivity index (χ1n) is 9.56. The van der Waals surface area contributed by atoms with Crippen molar-refractivity contribution < 1.29 is 4.79 Å². The maximum atomic E-state index is 12.3.